The lowest BCUT2D eigenvalue weighted by molar-refractivity contribution is 0.183. The molecule has 14 heavy (non-hydrogen) atoms. The minimum atomic E-state index is 0.684. The minimum Gasteiger partial charge on any atom is -0.383 e. The van der Waals surface area contributed by atoms with Gasteiger partial charge in [-0.15, -0.1) is 0 Å². The second-order valence-electron chi connectivity index (χ2n) is 3.05. The van der Waals surface area contributed by atoms with Crippen molar-refractivity contribution in [2.24, 2.45) is 5.73 Å². The first-order valence-corrected chi connectivity index (χ1v) is 4.82. The fourth-order valence-corrected chi connectivity index (χ4v) is 1.10. The SMILES string of the molecule is COCCn1cc(NCCCN)cn1. The average molecular weight is 198 g/mol. The number of nitrogens with one attached hydrogen (secondary N) is 1. The molecule has 0 aliphatic rings. The van der Waals surface area contributed by atoms with Gasteiger partial charge in [0.15, 0.2) is 0 Å². The van der Waals surface area contributed by atoms with E-state index in [0.29, 0.717) is 13.2 Å². The summed E-state index contributed by atoms with van der Waals surface area (Å²) >= 11 is 0. The molecule has 0 saturated carbocycles. The van der Waals surface area contributed by atoms with Gasteiger partial charge in [0.25, 0.3) is 0 Å². The molecule has 0 radical (unpaired) electrons. The van der Waals surface area contributed by atoms with E-state index in [1.54, 1.807) is 7.11 Å². The third-order valence-corrected chi connectivity index (χ3v) is 1.87. The van der Waals surface area contributed by atoms with Crippen LogP contribution < -0.4 is 11.1 Å². The molecule has 0 aliphatic carbocycles. The van der Waals surface area contributed by atoms with E-state index < -0.39 is 0 Å². The Bertz CT molecular complexity index is 249. The highest BCUT2D eigenvalue weighted by Gasteiger charge is 1.96. The van der Waals surface area contributed by atoms with Crippen LogP contribution in [-0.4, -0.2) is 36.6 Å². The van der Waals surface area contributed by atoms with Crippen LogP contribution in [0.2, 0.25) is 0 Å². The summed E-state index contributed by atoms with van der Waals surface area (Å²) in [4.78, 5) is 0. The van der Waals surface area contributed by atoms with Crippen molar-refractivity contribution in [2.75, 3.05) is 32.1 Å². The smallest absolute Gasteiger partial charge is 0.0726 e. The molecule has 0 unspecified atom stereocenters. The fourth-order valence-electron chi connectivity index (χ4n) is 1.10. The van der Waals surface area contributed by atoms with Crippen LogP contribution in [0.15, 0.2) is 12.4 Å². The number of rotatable bonds is 7. The van der Waals surface area contributed by atoms with Crippen molar-refractivity contribution < 1.29 is 4.74 Å². The first kappa shape index (κ1) is 11.0. The van der Waals surface area contributed by atoms with Crippen LogP contribution in [-0.2, 0) is 11.3 Å². The number of ether oxygens (including phenoxy) is 1. The van der Waals surface area contributed by atoms with Crippen molar-refractivity contribution in [3.63, 3.8) is 0 Å². The molecular weight excluding hydrogens is 180 g/mol. The normalized spacial score (nSPS) is 10.4. The van der Waals surface area contributed by atoms with Crippen molar-refractivity contribution in [1.29, 1.82) is 0 Å². The highest BCUT2D eigenvalue weighted by Crippen LogP contribution is 2.03. The molecule has 0 fully saturated rings. The lowest BCUT2D eigenvalue weighted by Gasteiger charge is -2.01. The molecule has 0 spiro atoms. The van der Waals surface area contributed by atoms with Gasteiger partial charge in [0.1, 0.15) is 0 Å². The van der Waals surface area contributed by atoms with Gasteiger partial charge in [0.05, 0.1) is 25.0 Å². The van der Waals surface area contributed by atoms with E-state index in [2.05, 4.69) is 10.4 Å². The van der Waals surface area contributed by atoms with Gasteiger partial charge in [-0.3, -0.25) is 4.68 Å². The summed E-state index contributed by atoms with van der Waals surface area (Å²) in [7, 11) is 1.68. The molecular formula is C9H18N4O. The Balaban J connectivity index is 2.27. The van der Waals surface area contributed by atoms with Gasteiger partial charge >= 0.3 is 0 Å². The molecule has 0 aliphatic heterocycles. The molecule has 1 aromatic heterocycles. The highest BCUT2D eigenvalue weighted by atomic mass is 16.5. The van der Waals surface area contributed by atoms with E-state index in [1.807, 2.05) is 17.1 Å². The van der Waals surface area contributed by atoms with Crippen LogP contribution in [0.5, 0.6) is 0 Å². The predicted octanol–water partition coefficient (Wildman–Crippen LogP) is 0.290. The van der Waals surface area contributed by atoms with Gasteiger partial charge in [-0.05, 0) is 13.0 Å². The number of hydrogen-bond donors (Lipinski definition) is 2. The summed E-state index contributed by atoms with van der Waals surface area (Å²) in [5, 5.41) is 7.41. The molecule has 0 saturated heterocycles. The van der Waals surface area contributed by atoms with E-state index in [0.717, 1.165) is 25.2 Å². The molecule has 3 N–H and O–H groups in total. The Morgan fingerprint density at radius 3 is 3.21 bits per heavy atom. The third kappa shape index (κ3) is 3.76. The summed E-state index contributed by atoms with van der Waals surface area (Å²) in [6.07, 6.45) is 4.75. The van der Waals surface area contributed by atoms with Gasteiger partial charge in [-0.2, -0.15) is 5.10 Å². The lowest BCUT2D eigenvalue weighted by Crippen LogP contribution is -2.08. The quantitative estimate of drug-likeness (QED) is 0.618. The Morgan fingerprint density at radius 1 is 1.64 bits per heavy atom. The summed E-state index contributed by atoms with van der Waals surface area (Å²) in [6.45, 7) is 3.08. The fraction of sp³-hybridized carbons (Fsp3) is 0.667. The molecule has 0 atom stereocenters. The standard InChI is InChI=1S/C9H18N4O/c1-14-6-5-13-8-9(7-12-13)11-4-2-3-10/h7-8,11H,2-6,10H2,1H3. The number of methoxy groups -OCH3 is 1. The second-order valence-corrected chi connectivity index (χ2v) is 3.05. The molecule has 0 aromatic carbocycles. The molecule has 0 bridgehead atoms. The first-order valence-electron chi connectivity index (χ1n) is 4.82. The topological polar surface area (TPSA) is 65.1 Å². The largest absolute Gasteiger partial charge is 0.383 e. The molecule has 1 heterocycles. The third-order valence-electron chi connectivity index (χ3n) is 1.87. The first-order chi connectivity index (χ1) is 6.86. The van der Waals surface area contributed by atoms with Gasteiger partial charge in [0, 0.05) is 19.9 Å². The summed E-state index contributed by atoms with van der Waals surface area (Å²) < 4.78 is 6.81. The van der Waals surface area contributed by atoms with E-state index >= 15 is 0 Å². The Hall–Kier alpha value is -1.07. The van der Waals surface area contributed by atoms with E-state index in [9.17, 15) is 0 Å². The van der Waals surface area contributed by atoms with E-state index in [1.165, 1.54) is 0 Å². The van der Waals surface area contributed by atoms with Crippen LogP contribution in [0.25, 0.3) is 0 Å². The van der Waals surface area contributed by atoms with Crippen molar-refractivity contribution in [2.45, 2.75) is 13.0 Å². The molecule has 0 amide bonds. The van der Waals surface area contributed by atoms with Gasteiger partial charge in [-0.25, -0.2) is 0 Å². The zero-order valence-corrected chi connectivity index (χ0v) is 8.57. The van der Waals surface area contributed by atoms with Crippen LogP contribution in [0, 0.1) is 0 Å². The van der Waals surface area contributed by atoms with Crippen LogP contribution in [0.3, 0.4) is 0 Å². The molecule has 80 valence electrons. The Kier molecular flexibility index (Phi) is 5.03. The minimum absolute atomic E-state index is 0.684. The number of hydrogen-bond acceptors (Lipinski definition) is 4. The Morgan fingerprint density at radius 2 is 2.50 bits per heavy atom. The van der Waals surface area contributed by atoms with Crippen molar-refractivity contribution >= 4 is 5.69 Å². The molecule has 5 nitrogen and oxygen atoms in total. The zero-order chi connectivity index (χ0) is 10.2. The zero-order valence-electron chi connectivity index (χ0n) is 8.57. The number of nitrogens with zero attached hydrogens (tertiary/aromatic N) is 2. The van der Waals surface area contributed by atoms with Gasteiger partial charge < -0.3 is 15.8 Å². The summed E-state index contributed by atoms with van der Waals surface area (Å²) in [5.74, 6) is 0. The van der Waals surface area contributed by atoms with Gasteiger partial charge in [-0.1, -0.05) is 0 Å². The molecule has 1 rings (SSSR count). The van der Waals surface area contributed by atoms with Crippen LogP contribution >= 0.6 is 0 Å². The Labute approximate surface area is 84.2 Å². The maximum atomic E-state index is 5.39. The van der Waals surface area contributed by atoms with Crippen molar-refractivity contribution in [3.8, 4) is 0 Å². The van der Waals surface area contributed by atoms with Crippen LogP contribution in [0.4, 0.5) is 5.69 Å². The lowest BCUT2D eigenvalue weighted by atomic mass is 10.4. The van der Waals surface area contributed by atoms with Crippen molar-refractivity contribution in [3.05, 3.63) is 12.4 Å². The van der Waals surface area contributed by atoms with Gasteiger partial charge in [0.2, 0.25) is 0 Å². The maximum absolute atomic E-state index is 5.39. The summed E-state index contributed by atoms with van der Waals surface area (Å²) in [5.41, 5.74) is 6.42. The monoisotopic (exact) mass is 198 g/mol. The summed E-state index contributed by atoms with van der Waals surface area (Å²) in [6, 6.07) is 0. The molecule has 1 aromatic rings. The highest BCUT2D eigenvalue weighted by molar-refractivity contribution is 5.37. The number of aromatic nitrogens is 2. The van der Waals surface area contributed by atoms with E-state index in [4.69, 9.17) is 10.5 Å². The second kappa shape index (κ2) is 6.39. The maximum Gasteiger partial charge on any atom is 0.0726 e. The molecule has 5 heteroatoms. The van der Waals surface area contributed by atoms with Crippen molar-refractivity contribution in [1.82, 2.24) is 9.78 Å². The average Bonchev–Trinajstić information content (AvgIpc) is 2.63. The predicted molar refractivity (Wildman–Crippen MR) is 56.3 cm³/mol. The van der Waals surface area contributed by atoms with Crippen LogP contribution in [0.1, 0.15) is 6.42 Å². The number of anilines is 1. The number of nitrogens with two attached hydrogens (primary N) is 1. The van der Waals surface area contributed by atoms with E-state index in [-0.39, 0.29) is 0 Å².